The Morgan fingerprint density at radius 3 is 1.07 bits per heavy atom. The molecule has 0 spiro atoms. The van der Waals surface area contributed by atoms with Gasteiger partial charge in [0, 0.05) is 88.1 Å². The summed E-state index contributed by atoms with van der Waals surface area (Å²) in [5, 5.41) is 0. The van der Waals surface area contributed by atoms with E-state index >= 15 is 0 Å². The molecule has 0 aliphatic carbocycles. The van der Waals surface area contributed by atoms with Gasteiger partial charge >= 0.3 is 0 Å². The first-order valence-corrected chi connectivity index (χ1v) is 28.3. The van der Waals surface area contributed by atoms with Gasteiger partial charge < -0.3 is 39.2 Å². The van der Waals surface area contributed by atoms with Gasteiger partial charge in [-0.15, -0.1) is 0 Å². The molecule has 12 nitrogen and oxygen atoms in total. The summed E-state index contributed by atoms with van der Waals surface area (Å²) in [6.07, 6.45) is 10.9. The maximum atomic E-state index is 7.45. The highest BCUT2D eigenvalue weighted by atomic mass is 15.5. The number of aromatic nitrogens is 4. The predicted octanol–water partition coefficient (Wildman–Crippen LogP) is 17.0. The number of aryl methyl sites for hydroxylation is 4. The summed E-state index contributed by atoms with van der Waals surface area (Å²) < 4.78 is 22.3. The first kappa shape index (κ1) is 51.2. The quantitative estimate of drug-likeness (QED) is 0.153. The van der Waals surface area contributed by atoms with E-state index in [4.69, 9.17) is 4.11 Å². The van der Waals surface area contributed by atoms with Crippen LogP contribution < -0.4 is 34.3 Å². The molecule has 10 aromatic rings. The van der Waals surface area contributed by atoms with Crippen LogP contribution in [0.2, 0.25) is 0 Å². The van der Waals surface area contributed by atoms with Crippen molar-refractivity contribution < 1.29 is 4.11 Å². The summed E-state index contributed by atoms with van der Waals surface area (Å²) in [5.41, 5.74) is 15.3. The number of pyridine rings is 2. The van der Waals surface area contributed by atoms with Crippen LogP contribution in [0.15, 0.2) is 250 Å². The summed E-state index contributed by atoms with van der Waals surface area (Å²) in [5.74, 6) is 3.82. The Kier molecular flexibility index (Phi) is 15.1. The van der Waals surface area contributed by atoms with E-state index in [1.54, 1.807) is 18.6 Å². The van der Waals surface area contributed by atoms with Crippen LogP contribution in [-0.4, -0.2) is 56.5 Å². The third-order valence-corrected chi connectivity index (χ3v) is 15.7. The molecule has 7 aromatic carbocycles. The Morgan fingerprint density at radius 1 is 0.289 bits per heavy atom. The van der Waals surface area contributed by atoms with Crippen LogP contribution in [0, 0.1) is 27.7 Å². The zero-order chi connectivity index (χ0) is 60.1. The molecule has 0 saturated heterocycles. The van der Waals surface area contributed by atoms with Crippen molar-refractivity contribution in [1.82, 2.24) is 24.8 Å². The zero-order valence-corrected chi connectivity index (χ0v) is 48.3. The molecule has 4 aliphatic heterocycles. The molecule has 4 atom stereocenters. The molecule has 0 bridgehead atoms. The topological polar surface area (TPSA) is 77.5 Å². The first-order chi connectivity index (χ1) is 41.7. The van der Waals surface area contributed by atoms with E-state index in [0.717, 1.165) is 57.3 Å². The molecule has 14 rings (SSSR count). The van der Waals surface area contributed by atoms with E-state index in [9.17, 15) is 0 Å². The largest absolute Gasteiger partial charge is 0.359 e. The number of anilines is 13. The highest BCUT2D eigenvalue weighted by Gasteiger charge is 2.39. The zero-order valence-electron chi connectivity index (χ0n) is 51.3. The minimum Gasteiger partial charge on any atom is -0.359 e. The van der Waals surface area contributed by atoms with Gasteiger partial charge in [-0.1, -0.05) is 127 Å². The van der Waals surface area contributed by atoms with E-state index < -0.39 is 6.98 Å². The summed E-state index contributed by atoms with van der Waals surface area (Å²) in [4.78, 5) is 35.7. The monoisotopic (exact) mass is 1100 g/mol. The highest BCUT2D eigenvalue weighted by molar-refractivity contribution is 5.88. The predicted molar refractivity (Wildman–Crippen MR) is 345 cm³/mol. The molecule has 4 aliphatic rings. The molecule has 4 unspecified atom stereocenters. The second kappa shape index (κ2) is 24.4. The number of fused-ring (bicyclic) bond motifs is 3. The molecule has 0 saturated carbocycles. The van der Waals surface area contributed by atoms with Gasteiger partial charge in [-0.25, -0.2) is 19.9 Å². The van der Waals surface area contributed by atoms with Crippen LogP contribution in [0.4, 0.5) is 74.5 Å². The van der Waals surface area contributed by atoms with Crippen molar-refractivity contribution in [1.29, 1.82) is 0 Å². The molecule has 3 aromatic heterocycles. The molecule has 0 amide bonds. The van der Waals surface area contributed by atoms with E-state index in [2.05, 4.69) is 249 Å². The number of hydrogen-bond acceptors (Lipinski definition) is 12. The van der Waals surface area contributed by atoms with Crippen LogP contribution in [0.3, 0.4) is 0 Å². The Morgan fingerprint density at radius 2 is 0.614 bits per heavy atom. The van der Waals surface area contributed by atoms with Gasteiger partial charge in [-0.3, -0.25) is 0 Å². The standard InChI is InChI=1S/2C20H19N3.C19H18N4.C12H16N2/c1-15-9-6-7-12-18(15)23-16(2)22(17-10-4-3-5-11-17)20-19(23)13-8-14-21-20;1-15-9-6-7-12-18(15)23-16(2)22(17-10-4-3-5-11-17)19-13-8-14-21-20(19)23;1-14-8-6-7-11-17(14)23-15(2)22(16-9-4-3-5-10-16)18-19(23)21-13-12-20-18;1-10-6-4-5-7-12(10)14-9-8-13(3)11(14)2/h2*3-14,16H,1-2H3;3-13,15H,1-2H3;4-9,11H,1-3H3/i;;;3D3. The average Bonchev–Trinajstić information content (AvgIpc) is 2.44. The minimum absolute atomic E-state index is 0.107. The maximum Gasteiger partial charge on any atom is 0.178 e. The lowest BCUT2D eigenvalue weighted by Gasteiger charge is -2.30. The SMILES string of the molecule is Cc1ccccc1N1c2cccnc2N(c2ccccc2)C1C.Cc1ccccc1N1c2ncccc2N(c2ccccc2)C1C.Cc1ccccc1N1c2nccnc2N(c2ccccc2)C1C.[2H]C([2H])([2H])N1C=CN(c2ccccc2C)C1C. The number of rotatable bonds is 7. The maximum absolute atomic E-state index is 7.45. The van der Waals surface area contributed by atoms with Crippen LogP contribution in [0.1, 0.15) is 54.1 Å². The molecular weight excluding hydrogens is 1020 g/mol. The Hall–Kier alpha value is -9.94. The summed E-state index contributed by atoms with van der Waals surface area (Å²) >= 11 is 0. The smallest absolute Gasteiger partial charge is 0.178 e. The van der Waals surface area contributed by atoms with Crippen LogP contribution >= 0.6 is 0 Å². The van der Waals surface area contributed by atoms with Gasteiger partial charge in [0.15, 0.2) is 23.3 Å². The van der Waals surface area contributed by atoms with Gasteiger partial charge in [0.1, 0.15) is 24.7 Å². The normalized spacial score (nSPS) is 17.9. The second-order valence-electron chi connectivity index (χ2n) is 20.9. The van der Waals surface area contributed by atoms with Crippen LogP contribution in [0.25, 0.3) is 0 Å². The Balaban J connectivity index is 0.000000120. The number of para-hydroxylation sites is 7. The van der Waals surface area contributed by atoms with E-state index in [1.807, 2.05) is 91.9 Å². The third-order valence-electron chi connectivity index (χ3n) is 15.7. The molecule has 83 heavy (non-hydrogen) atoms. The van der Waals surface area contributed by atoms with Crippen molar-refractivity contribution in [3.05, 3.63) is 272 Å². The Labute approximate surface area is 494 Å². The van der Waals surface area contributed by atoms with Crippen molar-refractivity contribution in [3.63, 3.8) is 0 Å². The van der Waals surface area contributed by atoms with Crippen LogP contribution in [0.5, 0.6) is 0 Å². The lowest BCUT2D eigenvalue weighted by molar-refractivity contribution is 0.383. The minimum atomic E-state index is -2.09. The Bertz CT molecular complexity index is 3600. The molecule has 0 radical (unpaired) electrons. The molecule has 12 heteroatoms. The van der Waals surface area contributed by atoms with Gasteiger partial charge in [0.25, 0.3) is 0 Å². The van der Waals surface area contributed by atoms with E-state index in [-0.39, 0.29) is 24.7 Å². The number of hydrogen-bond donors (Lipinski definition) is 0. The van der Waals surface area contributed by atoms with Crippen molar-refractivity contribution in [2.24, 2.45) is 0 Å². The number of benzene rings is 7. The van der Waals surface area contributed by atoms with E-state index in [1.165, 1.54) is 44.3 Å². The second-order valence-corrected chi connectivity index (χ2v) is 20.9. The van der Waals surface area contributed by atoms with Gasteiger partial charge in [0.2, 0.25) is 0 Å². The van der Waals surface area contributed by atoms with Crippen LogP contribution in [-0.2, 0) is 0 Å². The molecule has 0 fully saturated rings. The average molecular weight is 1100 g/mol. The fourth-order valence-corrected chi connectivity index (χ4v) is 11.6. The first-order valence-electron chi connectivity index (χ1n) is 29.8. The molecule has 7 heterocycles. The van der Waals surface area contributed by atoms with Crippen molar-refractivity contribution >= 4 is 74.5 Å². The van der Waals surface area contributed by atoms with Gasteiger partial charge in [0.05, 0.1) is 11.4 Å². The molecular formula is C71H72N12. The summed E-state index contributed by atoms with van der Waals surface area (Å²) in [7, 11) is 0. The fourth-order valence-electron chi connectivity index (χ4n) is 11.6. The fraction of sp³-hybridized carbons (Fsp3) is 0.183. The molecule has 0 N–H and O–H groups in total. The van der Waals surface area contributed by atoms with E-state index in [0.29, 0.717) is 0 Å². The lowest BCUT2D eigenvalue weighted by Crippen LogP contribution is -2.35. The summed E-state index contributed by atoms with van der Waals surface area (Å²) in [6, 6.07) is 72.9. The number of nitrogens with zero attached hydrogens (tertiary/aromatic N) is 12. The lowest BCUT2D eigenvalue weighted by atomic mass is 10.1. The van der Waals surface area contributed by atoms with Crippen molar-refractivity contribution in [2.45, 2.75) is 80.1 Å². The third kappa shape index (κ3) is 10.9. The summed E-state index contributed by atoms with van der Waals surface area (Å²) in [6.45, 7) is 14.9. The van der Waals surface area contributed by atoms with Crippen molar-refractivity contribution in [3.8, 4) is 0 Å². The van der Waals surface area contributed by atoms with Gasteiger partial charge in [-0.05, 0) is 163 Å². The van der Waals surface area contributed by atoms with Gasteiger partial charge in [-0.2, -0.15) is 0 Å². The molecule has 416 valence electrons. The van der Waals surface area contributed by atoms with Crippen molar-refractivity contribution in [2.75, 3.05) is 41.3 Å². The highest BCUT2D eigenvalue weighted by Crippen LogP contribution is 2.49.